The summed E-state index contributed by atoms with van der Waals surface area (Å²) in [5.74, 6) is 2.35. The first-order chi connectivity index (χ1) is 13.7. The van der Waals surface area contributed by atoms with Gasteiger partial charge in [-0.2, -0.15) is 0 Å². The summed E-state index contributed by atoms with van der Waals surface area (Å²) < 4.78 is 17.5. The Balaban J connectivity index is 1.36. The van der Waals surface area contributed by atoms with Gasteiger partial charge in [0.15, 0.2) is 17.6 Å². The lowest BCUT2D eigenvalue weighted by Gasteiger charge is -2.27. The van der Waals surface area contributed by atoms with Crippen molar-refractivity contribution in [1.82, 2.24) is 4.90 Å². The molecule has 3 aliphatic heterocycles. The van der Waals surface area contributed by atoms with Gasteiger partial charge in [-0.15, -0.1) is 0 Å². The number of amides is 1. The maximum Gasteiger partial charge on any atom is 0.264 e. The van der Waals surface area contributed by atoms with Gasteiger partial charge in [-0.05, 0) is 54.3 Å². The summed E-state index contributed by atoms with van der Waals surface area (Å²) in [7, 11) is 0. The largest absolute Gasteiger partial charge is 0.490 e. The van der Waals surface area contributed by atoms with E-state index in [4.69, 9.17) is 25.8 Å². The van der Waals surface area contributed by atoms with Gasteiger partial charge in [0.05, 0.1) is 19.3 Å². The highest BCUT2D eigenvalue weighted by atomic mass is 35.5. The van der Waals surface area contributed by atoms with Crippen LogP contribution in [-0.2, 0) is 11.2 Å². The molecule has 2 aromatic rings. The SMILES string of the molecule is O=C([C@H]1Cc2cc(Cl)ccc2O1)N1CCC[C@@H]1c1ccc2c(c1)OCCCO2. The van der Waals surface area contributed by atoms with Gasteiger partial charge >= 0.3 is 0 Å². The molecule has 0 spiro atoms. The summed E-state index contributed by atoms with van der Waals surface area (Å²) in [5, 5.41) is 0.668. The maximum atomic E-state index is 13.2. The zero-order valence-electron chi connectivity index (χ0n) is 15.5. The lowest BCUT2D eigenvalue weighted by atomic mass is 10.0. The zero-order valence-corrected chi connectivity index (χ0v) is 16.3. The summed E-state index contributed by atoms with van der Waals surface area (Å²) in [6, 6.07) is 11.6. The van der Waals surface area contributed by atoms with Gasteiger partial charge < -0.3 is 19.1 Å². The van der Waals surface area contributed by atoms with Crippen LogP contribution in [0, 0.1) is 0 Å². The van der Waals surface area contributed by atoms with Crippen molar-refractivity contribution >= 4 is 17.5 Å². The molecular weight excluding hydrogens is 378 g/mol. The minimum absolute atomic E-state index is 0.0422. The first kappa shape index (κ1) is 17.7. The number of benzene rings is 2. The van der Waals surface area contributed by atoms with Gasteiger partial charge in [0, 0.05) is 24.4 Å². The van der Waals surface area contributed by atoms with Gasteiger partial charge in [-0.25, -0.2) is 0 Å². The quantitative estimate of drug-likeness (QED) is 0.760. The van der Waals surface area contributed by atoms with Crippen molar-refractivity contribution in [2.75, 3.05) is 19.8 Å². The van der Waals surface area contributed by atoms with Crippen LogP contribution in [0.5, 0.6) is 17.2 Å². The standard InChI is InChI=1S/C22H22ClNO4/c23-16-5-7-18-15(11-16)13-21(28-18)22(25)24-8-1-3-17(24)14-4-6-19-20(12-14)27-10-2-9-26-19/h4-7,11-12,17,21H,1-3,8-10,13H2/t17-,21-/m1/s1. The zero-order chi connectivity index (χ0) is 19.1. The average molecular weight is 400 g/mol. The molecule has 1 fully saturated rings. The van der Waals surface area contributed by atoms with Crippen molar-refractivity contribution in [2.24, 2.45) is 0 Å². The summed E-state index contributed by atoms with van der Waals surface area (Å²) >= 11 is 6.08. The van der Waals surface area contributed by atoms with E-state index in [1.165, 1.54) is 0 Å². The van der Waals surface area contributed by atoms with Crippen LogP contribution in [0.3, 0.4) is 0 Å². The van der Waals surface area contributed by atoms with Crippen LogP contribution in [0.2, 0.25) is 5.02 Å². The predicted octanol–water partition coefficient (Wildman–Crippen LogP) is 4.17. The van der Waals surface area contributed by atoms with E-state index in [-0.39, 0.29) is 11.9 Å². The van der Waals surface area contributed by atoms with Crippen LogP contribution in [0.4, 0.5) is 0 Å². The lowest BCUT2D eigenvalue weighted by Crippen LogP contribution is -2.40. The summed E-state index contributed by atoms with van der Waals surface area (Å²) in [4.78, 5) is 15.2. The number of fused-ring (bicyclic) bond motifs is 2. The van der Waals surface area contributed by atoms with Crippen molar-refractivity contribution in [3.8, 4) is 17.2 Å². The average Bonchev–Trinajstić information content (AvgIpc) is 3.28. The van der Waals surface area contributed by atoms with Gasteiger partial charge in [0.25, 0.3) is 5.91 Å². The van der Waals surface area contributed by atoms with E-state index in [0.717, 1.165) is 54.2 Å². The molecule has 2 atom stereocenters. The second-order valence-electron chi connectivity index (χ2n) is 7.51. The molecule has 2 aromatic carbocycles. The number of likely N-dealkylation sites (tertiary alicyclic amines) is 1. The van der Waals surface area contributed by atoms with Crippen LogP contribution in [0.25, 0.3) is 0 Å². The highest BCUT2D eigenvalue weighted by Gasteiger charge is 2.38. The second-order valence-corrected chi connectivity index (χ2v) is 7.95. The topological polar surface area (TPSA) is 48.0 Å². The molecule has 0 N–H and O–H groups in total. The Morgan fingerprint density at radius 1 is 1.00 bits per heavy atom. The van der Waals surface area contributed by atoms with Crippen molar-refractivity contribution in [2.45, 2.75) is 37.8 Å². The number of hydrogen-bond acceptors (Lipinski definition) is 4. The number of rotatable bonds is 2. The number of nitrogens with zero attached hydrogens (tertiary/aromatic N) is 1. The van der Waals surface area contributed by atoms with Gasteiger partial charge in [0.2, 0.25) is 0 Å². The van der Waals surface area contributed by atoms with E-state index >= 15 is 0 Å². The predicted molar refractivity (Wildman–Crippen MR) is 105 cm³/mol. The Hall–Kier alpha value is -2.40. The van der Waals surface area contributed by atoms with E-state index in [1.54, 1.807) is 6.07 Å². The second kappa shape index (κ2) is 7.21. The lowest BCUT2D eigenvalue weighted by molar-refractivity contribution is -0.138. The van der Waals surface area contributed by atoms with Crippen LogP contribution >= 0.6 is 11.6 Å². The first-order valence-corrected chi connectivity index (χ1v) is 10.2. The van der Waals surface area contributed by atoms with E-state index in [1.807, 2.05) is 35.2 Å². The molecule has 0 radical (unpaired) electrons. The Kier molecular flexibility index (Phi) is 4.55. The van der Waals surface area contributed by atoms with Crippen LogP contribution in [0.15, 0.2) is 36.4 Å². The molecule has 1 saturated heterocycles. The fourth-order valence-corrected chi connectivity index (χ4v) is 4.50. The van der Waals surface area contributed by atoms with Crippen molar-refractivity contribution in [3.63, 3.8) is 0 Å². The highest BCUT2D eigenvalue weighted by Crippen LogP contribution is 2.39. The number of carbonyl (C=O) groups is 1. The summed E-state index contributed by atoms with van der Waals surface area (Å²) in [6.07, 6.45) is 2.89. The fraction of sp³-hybridized carbons (Fsp3) is 0.409. The molecule has 28 heavy (non-hydrogen) atoms. The third-order valence-corrected chi connectivity index (χ3v) is 5.90. The third kappa shape index (κ3) is 3.18. The van der Waals surface area contributed by atoms with Gasteiger partial charge in [-0.1, -0.05) is 17.7 Å². The van der Waals surface area contributed by atoms with E-state index < -0.39 is 6.10 Å². The summed E-state index contributed by atoms with van der Waals surface area (Å²) in [5.41, 5.74) is 2.09. The number of carbonyl (C=O) groups excluding carboxylic acids is 1. The number of halogens is 1. The van der Waals surface area contributed by atoms with Crippen LogP contribution in [0.1, 0.15) is 36.4 Å². The number of hydrogen-bond donors (Lipinski definition) is 0. The first-order valence-electron chi connectivity index (χ1n) is 9.84. The normalized spacial score (nSPS) is 23.1. The van der Waals surface area contributed by atoms with E-state index in [2.05, 4.69) is 0 Å². The third-order valence-electron chi connectivity index (χ3n) is 5.66. The molecule has 3 heterocycles. The molecule has 3 aliphatic rings. The molecule has 6 heteroatoms. The molecule has 0 aliphatic carbocycles. The molecule has 0 saturated carbocycles. The fourth-order valence-electron chi connectivity index (χ4n) is 4.30. The van der Waals surface area contributed by atoms with E-state index in [9.17, 15) is 4.79 Å². The minimum Gasteiger partial charge on any atom is -0.490 e. The van der Waals surface area contributed by atoms with E-state index in [0.29, 0.717) is 24.7 Å². The van der Waals surface area contributed by atoms with Crippen LogP contribution < -0.4 is 14.2 Å². The molecule has 1 amide bonds. The maximum absolute atomic E-state index is 13.2. The molecular formula is C22H22ClNO4. The Labute approximate surface area is 169 Å². The molecule has 0 unspecified atom stereocenters. The van der Waals surface area contributed by atoms with Crippen molar-refractivity contribution in [3.05, 3.63) is 52.5 Å². The monoisotopic (exact) mass is 399 g/mol. The van der Waals surface area contributed by atoms with Gasteiger partial charge in [0.1, 0.15) is 5.75 Å². The van der Waals surface area contributed by atoms with Crippen molar-refractivity contribution in [1.29, 1.82) is 0 Å². The molecule has 146 valence electrons. The van der Waals surface area contributed by atoms with Gasteiger partial charge in [-0.3, -0.25) is 4.79 Å². The summed E-state index contributed by atoms with van der Waals surface area (Å²) in [6.45, 7) is 2.07. The highest BCUT2D eigenvalue weighted by molar-refractivity contribution is 6.30. The molecule has 0 aromatic heterocycles. The smallest absolute Gasteiger partial charge is 0.264 e. The Bertz CT molecular complexity index is 915. The number of ether oxygens (including phenoxy) is 3. The minimum atomic E-state index is -0.477. The molecule has 0 bridgehead atoms. The Morgan fingerprint density at radius 2 is 1.82 bits per heavy atom. The molecule has 5 rings (SSSR count). The van der Waals surface area contributed by atoms with Crippen molar-refractivity contribution < 1.29 is 19.0 Å². The Morgan fingerprint density at radius 3 is 2.71 bits per heavy atom. The molecule has 5 nitrogen and oxygen atoms in total. The van der Waals surface area contributed by atoms with Crippen LogP contribution in [-0.4, -0.2) is 36.7 Å².